The summed E-state index contributed by atoms with van der Waals surface area (Å²) >= 11 is 0. The Morgan fingerprint density at radius 1 is 1.09 bits per heavy atom. The molecule has 1 saturated carbocycles. The number of Topliss-reactive ketones (excluding diaryl/α,β-unsaturated/α-hetero) is 1. The second-order valence-corrected chi connectivity index (χ2v) is 8.05. The maximum Gasteiger partial charge on any atom is 0.416 e. The zero-order valence-corrected chi connectivity index (χ0v) is 18.8. The Hall–Kier alpha value is -2.87. The van der Waals surface area contributed by atoms with Crippen LogP contribution in [0.3, 0.4) is 0 Å². The molecule has 33 heavy (non-hydrogen) atoms. The predicted molar refractivity (Wildman–Crippen MR) is 118 cm³/mol. The zero-order chi connectivity index (χ0) is 24.0. The van der Waals surface area contributed by atoms with E-state index in [2.05, 4.69) is 5.32 Å². The van der Waals surface area contributed by atoms with E-state index in [4.69, 9.17) is 9.47 Å². The number of benzene rings is 2. The van der Waals surface area contributed by atoms with Crippen LogP contribution in [0.2, 0.25) is 0 Å². The SMILES string of the molecule is CCOC(=O)Cc1ccc(OC)c(-c2cc(C(F)(F)F)ccc2CNCCC(=O)C2CC2)c1. The number of carbonyl (C=O) groups excluding carboxylic acids is 2. The Balaban J connectivity index is 1.90. The monoisotopic (exact) mass is 463 g/mol. The van der Waals surface area contributed by atoms with E-state index in [1.54, 1.807) is 25.1 Å². The average molecular weight is 463 g/mol. The van der Waals surface area contributed by atoms with Crippen LogP contribution in [0.1, 0.15) is 42.9 Å². The molecule has 0 radical (unpaired) electrons. The van der Waals surface area contributed by atoms with Crippen molar-refractivity contribution >= 4 is 11.8 Å². The minimum Gasteiger partial charge on any atom is -0.496 e. The first kappa shape index (κ1) is 24.8. The van der Waals surface area contributed by atoms with Crippen LogP contribution < -0.4 is 10.1 Å². The third-order valence-electron chi connectivity index (χ3n) is 5.54. The summed E-state index contributed by atoms with van der Waals surface area (Å²) in [6.45, 7) is 2.69. The molecule has 0 aliphatic heterocycles. The van der Waals surface area contributed by atoms with Crippen LogP contribution in [0.5, 0.6) is 5.75 Å². The molecule has 0 spiro atoms. The van der Waals surface area contributed by atoms with Crippen LogP contribution in [0.4, 0.5) is 13.2 Å². The van der Waals surface area contributed by atoms with Crippen molar-refractivity contribution in [2.24, 2.45) is 5.92 Å². The summed E-state index contributed by atoms with van der Waals surface area (Å²) in [5.74, 6) is 0.385. The molecular formula is C25H28F3NO4. The van der Waals surface area contributed by atoms with Crippen molar-refractivity contribution in [3.8, 4) is 16.9 Å². The summed E-state index contributed by atoms with van der Waals surface area (Å²) in [5, 5.41) is 3.17. The highest BCUT2D eigenvalue weighted by Crippen LogP contribution is 2.38. The first-order valence-corrected chi connectivity index (χ1v) is 11.0. The van der Waals surface area contributed by atoms with Crippen molar-refractivity contribution in [1.29, 1.82) is 0 Å². The minimum absolute atomic E-state index is 0.000652. The van der Waals surface area contributed by atoms with Crippen LogP contribution in [-0.2, 0) is 33.5 Å². The van der Waals surface area contributed by atoms with Gasteiger partial charge < -0.3 is 14.8 Å². The molecule has 5 nitrogen and oxygen atoms in total. The first-order chi connectivity index (χ1) is 15.7. The van der Waals surface area contributed by atoms with Crippen molar-refractivity contribution in [3.63, 3.8) is 0 Å². The van der Waals surface area contributed by atoms with Crippen molar-refractivity contribution in [2.75, 3.05) is 20.3 Å². The number of ether oxygens (including phenoxy) is 2. The summed E-state index contributed by atoms with van der Waals surface area (Å²) in [5.41, 5.74) is 1.27. The molecule has 3 rings (SSSR count). The van der Waals surface area contributed by atoms with Crippen molar-refractivity contribution in [3.05, 3.63) is 53.1 Å². The molecule has 0 bridgehead atoms. The van der Waals surface area contributed by atoms with E-state index >= 15 is 0 Å². The zero-order valence-electron chi connectivity index (χ0n) is 18.8. The second kappa shape index (κ2) is 10.8. The third-order valence-corrected chi connectivity index (χ3v) is 5.54. The topological polar surface area (TPSA) is 64.6 Å². The standard InChI is InChI=1S/C25H28F3NO4/c1-3-33-24(31)13-16-4-9-23(32-2)21(12-16)20-14-19(25(26,27)28)8-7-18(20)15-29-11-10-22(30)17-5-6-17/h4,7-9,12,14,17,29H,3,5-6,10-11,13,15H2,1-2H3. The Kier molecular flexibility index (Phi) is 8.13. The predicted octanol–water partition coefficient (Wildman–Crippen LogP) is 4.95. The fourth-order valence-corrected chi connectivity index (χ4v) is 3.66. The lowest BCUT2D eigenvalue weighted by molar-refractivity contribution is -0.142. The van der Waals surface area contributed by atoms with Crippen LogP contribution in [0.25, 0.3) is 11.1 Å². The van der Waals surface area contributed by atoms with Gasteiger partial charge in [-0.2, -0.15) is 13.2 Å². The van der Waals surface area contributed by atoms with Gasteiger partial charge in [0.1, 0.15) is 11.5 Å². The van der Waals surface area contributed by atoms with Crippen molar-refractivity contribution in [2.45, 2.75) is 45.3 Å². The quantitative estimate of drug-likeness (QED) is 0.378. The maximum absolute atomic E-state index is 13.5. The van der Waals surface area contributed by atoms with E-state index in [1.165, 1.54) is 13.2 Å². The third kappa shape index (κ3) is 6.81. The number of methoxy groups -OCH3 is 1. The van der Waals surface area contributed by atoms with Gasteiger partial charge >= 0.3 is 12.1 Å². The largest absolute Gasteiger partial charge is 0.496 e. The Bertz CT molecular complexity index is 1000. The van der Waals surface area contributed by atoms with Gasteiger partial charge in [-0.1, -0.05) is 12.1 Å². The summed E-state index contributed by atoms with van der Waals surface area (Å²) in [4.78, 5) is 23.8. The van der Waals surface area contributed by atoms with E-state index in [0.717, 1.165) is 25.0 Å². The summed E-state index contributed by atoms with van der Waals surface area (Å²) in [7, 11) is 1.44. The molecule has 1 N–H and O–H groups in total. The van der Waals surface area contributed by atoms with Gasteiger partial charge in [0, 0.05) is 31.0 Å². The normalized spacial score (nSPS) is 13.6. The lowest BCUT2D eigenvalue weighted by Crippen LogP contribution is -2.19. The molecule has 0 heterocycles. The van der Waals surface area contributed by atoms with E-state index < -0.39 is 17.7 Å². The molecule has 1 aliphatic carbocycles. The first-order valence-electron chi connectivity index (χ1n) is 11.0. The van der Waals surface area contributed by atoms with Crippen molar-refractivity contribution < 1.29 is 32.2 Å². The molecule has 178 valence electrons. The number of carbonyl (C=O) groups is 2. The van der Waals surface area contributed by atoms with E-state index in [-0.39, 0.29) is 31.3 Å². The molecule has 0 saturated heterocycles. The van der Waals surface area contributed by atoms with Crippen LogP contribution >= 0.6 is 0 Å². The van der Waals surface area contributed by atoms with Gasteiger partial charge in [0.05, 0.1) is 25.7 Å². The van der Waals surface area contributed by atoms with Gasteiger partial charge in [0.2, 0.25) is 0 Å². The van der Waals surface area contributed by atoms with Crippen LogP contribution in [0.15, 0.2) is 36.4 Å². The lowest BCUT2D eigenvalue weighted by atomic mass is 9.94. The molecule has 2 aromatic carbocycles. The van der Waals surface area contributed by atoms with E-state index in [0.29, 0.717) is 41.0 Å². The minimum atomic E-state index is -4.51. The second-order valence-electron chi connectivity index (χ2n) is 8.05. The molecule has 0 atom stereocenters. The summed E-state index contributed by atoms with van der Waals surface area (Å²) in [6.07, 6.45) is -2.21. The van der Waals surface area contributed by atoms with E-state index in [9.17, 15) is 22.8 Å². The number of nitrogens with one attached hydrogen (secondary N) is 1. The number of ketones is 1. The molecule has 2 aromatic rings. The Morgan fingerprint density at radius 2 is 1.85 bits per heavy atom. The van der Waals surface area contributed by atoms with Crippen molar-refractivity contribution in [1.82, 2.24) is 5.32 Å². The fraction of sp³-hybridized carbons (Fsp3) is 0.440. The molecular weight excluding hydrogens is 435 g/mol. The smallest absolute Gasteiger partial charge is 0.416 e. The summed E-state index contributed by atoms with van der Waals surface area (Å²) in [6, 6.07) is 8.56. The highest BCUT2D eigenvalue weighted by atomic mass is 19.4. The molecule has 1 aliphatic rings. The summed E-state index contributed by atoms with van der Waals surface area (Å²) < 4.78 is 50.8. The van der Waals surface area contributed by atoms with Gasteiger partial charge in [0.25, 0.3) is 0 Å². The molecule has 1 fully saturated rings. The molecule has 8 heteroatoms. The lowest BCUT2D eigenvalue weighted by Gasteiger charge is -2.17. The van der Waals surface area contributed by atoms with Gasteiger partial charge in [-0.05, 0) is 60.7 Å². The van der Waals surface area contributed by atoms with E-state index in [1.807, 2.05) is 0 Å². The highest BCUT2D eigenvalue weighted by Gasteiger charge is 2.31. The molecule has 0 aromatic heterocycles. The highest BCUT2D eigenvalue weighted by molar-refractivity contribution is 5.83. The number of rotatable bonds is 11. The number of alkyl halides is 3. The Morgan fingerprint density at radius 3 is 2.48 bits per heavy atom. The number of hydrogen-bond donors (Lipinski definition) is 1. The fourth-order valence-electron chi connectivity index (χ4n) is 3.66. The van der Waals surface area contributed by atoms with Crippen LogP contribution in [-0.4, -0.2) is 32.0 Å². The van der Waals surface area contributed by atoms with Gasteiger partial charge in [0.15, 0.2) is 0 Å². The number of esters is 1. The van der Waals surface area contributed by atoms with Gasteiger partial charge in [-0.3, -0.25) is 9.59 Å². The van der Waals surface area contributed by atoms with Gasteiger partial charge in [-0.25, -0.2) is 0 Å². The Labute approximate surface area is 191 Å². The molecule has 0 unspecified atom stereocenters. The van der Waals surface area contributed by atoms with Gasteiger partial charge in [-0.15, -0.1) is 0 Å². The molecule has 0 amide bonds. The van der Waals surface area contributed by atoms with Crippen LogP contribution in [0, 0.1) is 5.92 Å². The number of hydrogen-bond acceptors (Lipinski definition) is 5. The average Bonchev–Trinajstić information content (AvgIpc) is 3.61. The maximum atomic E-state index is 13.5. The number of halogens is 3.